The number of hydrogen-bond donors (Lipinski definition) is 0. The molecule has 0 heterocycles. The van der Waals surface area contributed by atoms with Crippen molar-refractivity contribution in [3.8, 4) is 0 Å². The van der Waals surface area contributed by atoms with Gasteiger partial charge in [-0.25, -0.2) is 0 Å². The summed E-state index contributed by atoms with van der Waals surface area (Å²) in [6.07, 6.45) is 0.750. The van der Waals surface area contributed by atoms with Crippen LogP contribution in [0.2, 0.25) is 0 Å². The van der Waals surface area contributed by atoms with Gasteiger partial charge in [0.2, 0.25) is 0 Å². The van der Waals surface area contributed by atoms with E-state index < -0.39 is 0 Å². The molecule has 0 amide bonds. The van der Waals surface area contributed by atoms with Crippen LogP contribution in [0.25, 0.3) is 0 Å². The molecule has 0 aromatic heterocycles. The van der Waals surface area contributed by atoms with Crippen LogP contribution in [-0.4, -0.2) is 6.29 Å². The topological polar surface area (TPSA) is 17.1 Å². The SMILES string of the molecule is CC=O.[S]=[Zn]. The third-order valence-corrected chi connectivity index (χ3v) is 0. The first-order valence-electron chi connectivity index (χ1n) is 1.10. The number of aldehydes is 1. The minimum absolute atomic E-state index is 0.750. The fourth-order valence-corrected chi connectivity index (χ4v) is 0. The van der Waals surface area contributed by atoms with Gasteiger partial charge in [-0.05, 0) is 6.92 Å². The van der Waals surface area contributed by atoms with Gasteiger partial charge in [0.15, 0.2) is 0 Å². The summed E-state index contributed by atoms with van der Waals surface area (Å²) in [7, 11) is 4.21. The van der Waals surface area contributed by atoms with Gasteiger partial charge < -0.3 is 4.79 Å². The van der Waals surface area contributed by atoms with Crippen LogP contribution in [0.1, 0.15) is 6.92 Å². The monoisotopic (exact) mass is 140 g/mol. The Hall–Kier alpha value is 0.513. The van der Waals surface area contributed by atoms with Gasteiger partial charge in [0, 0.05) is 0 Å². The second-order valence-corrected chi connectivity index (χ2v) is 0.236. The van der Waals surface area contributed by atoms with Crippen LogP contribution in [0.3, 0.4) is 0 Å². The Morgan fingerprint density at radius 1 is 1.80 bits per heavy atom. The van der Waals surface area contributed by atoms with Crippen molar-refractivity contribution in [3.05, 3.63) is 0 Å². The molecule has 0 N–H and O–H groups in total. The molecule has 0 atom stereocenters. The molecule has 26 valence electrons. The average molecular weight is 142 g/mol. The summed E-state index contributed by atoms with van der Waals surface area (Å²) in [6, 6.07) is 0. The van der Waals surface area contributed by atoms with Gasteiger partial charge >= 0.3 is 26.7 Å². The van der Waals surface area contributed by atoms with Crippen LogP contribution < -0.4 is 0 Å². The van der Waals surface area contributed by atoms with E-state index in [1.807, 2.05) is 0 Å². The van der Waals surface area contributed by atoms with E-state index in [9.17, 15) is 0 Å². The van der Waals surface area contributed by atoms with Crippen molar-refractivity contribution >= 4 is 16.4 Å². The molecular weight excluding hydrogens is 137 g/mol. The van der Waals surface area contributed by atoms with Gasteiger partial charge in [0.25, 0.3) is 0 Å². The third kappa shape index (κ3) is 108. The molecule has 5 heavy (non-hydrogen) atoms. The molecule has 0 aromatic rings. The van der Waals surface area contributed by atoms with E-state index in [0.717, 1.165) is 22.8 Å². The number of carbonyl (C=O) groups excluding carboxylic acids is 1. The second-order valence-electron chi connectivity index (χ2n) is 0.236. The van der Waals surface area contributed by atoms with E-state index in [4.69, 9.17) is 4.79 Å². The van der Waals surface area contributed by atoms with E-state index in [2.05, 4.69) is 10.1 Å². The average Bonchev–Trinajstić information content (AvgIpc) is 1.46. The normalized spacial score (nSPS) is 3.80. The molecule has 0 saturated carbocycles. The first-order valence-corrected chi connectivity index (χ1v) is 5.31. The van der Waals surface area contributed by atoms with Crippen LogP contribution in [0.4, 0.5) is 0 Å². The van der Waals surface area contributed by atoms with E-state index in [0.29, 0.717) is 0 Å². The minimum atomic E-state index is 0.750. The van der Waals surface area contributed by atoms with Gasteiger partial charge in [-0.15, -0.1) is 0 Å². The predicted octanol–water partition coefficient (Wildman–Crippen LogP) is 0.851. The molecule has 0 saturated heterocycles. The van der Waals surface area contributed by atoms with Crippen LogP contribution in [0, 0.1) is 0 Å². The Morgan fingerprint density at radius 3 is 1.80 bits per heavy atom. The fourth-order valence-electron chi connectivity index (χ4n) is 0. The number of rotatable bonds is 0. The van der Waals surface area contributed by atoms with Gasteiger partial charge in [-0.2, -0.15) is 0 Å². The zero-order chi connectivity index (χ0) is 4.71. The zero-order valence-electron chi connectivity index (χ0n) is 3.10. The summed E-state index contributed by atoms with van der Waals surface area (Å²) < 4.78 is 0. The summed E-state index contributed by atoms with van der Waals surface area (Å²) in [6.45, 7) is 1.44. The number of carbonyl (C=O) groups is 1. The molecule has 0 rings (SSSR count). The summed E-state index contributed by atoms with van der Waals surface area (Å²) in [5, 5.41) is 0. The van der Waals surface area contributed by atoms with Crippen molar-refractivity contribution in [1.29, 1.82) is 0 Å². The molecule has 0 bridgehead atoms. The quantitative estimate of drug-likeness (QED) is 0.368. The van der Waals surface area contributed by atoms with E-state index in [1.165, 1.54) is 6.92 Å². The van der Waals surface area contributed by atoms with Crippen LogP contribution in [0.5, 0.6) is 0 Å². The zero-order valence-corrected chi connectivity index (χ0v) is 6.88. The van der Waals surface area contributed by atoms with E-state index >= 15 is 0 Å². The molecule has 0 fully saturated rings. The summed E-state index contributed by atoms with van der Waals surface area (Å²) in [5.74, 6) is 0. The number of hydrogen-bond acceptors (Lipinski definition) is 2. The van der Waals surface area contributed by atoms with Crippen LogP contribution in [-0.2, 0) is 21.4 Å². The Morgan fingerprint density at radius 2 is 1.80 bits per heavy atom. The predicted molar refractivity (Wildman–Crippen MR) is 19.3 cm³/mol. The summed E-state index contributed by atoms with van der Waals surface area (Å²) in [4.78, 5) is 8.81. The standard InChI is InChI=1S/C2H4O.S.Zn/c1-2-3;;/h2H,1H3;;. The van der Waals surface area contributed by atoms with Gasteiger partial charge in [0.05, 0.1) is 0 Å². The van der Waals surface area contributed by atoms with Crippen molar-refractivity contribution in [3.63, 3.8) is 0 Å². The molecule has 1 nitrogen and oxygen atoms in total. The maximum atomic E-state index is 8.81. The van der Waals surface area contributed by atoms with Crippen molar-refractivity contribution < 1.29 is 21.4 Å². The maximum absolute atomic E-state index is 8.81. The van der Waals surface area contributed by atoms with Crippen LogP contribution in [0.15, 0.2) is 0 Å². The Labute approximate surface area is 45.0 Å². The molecule has 0 radical (unpaired) electrons. The fraction of sp³-hybridized carbons (Fsp3) is 0.500. The van der Waals surface area contributed by atoms with Crippen molar-refractivity contribution in [2.45, 2.75) is 6.92 Å². The molecule has 0 aromatic carbocycles. The molecule has 0 aliphatic heterocycles. The molecule has 0 unspecified atom stereocenters. The van der Waals surface area contributed by atoms with Crippen molar-refractivity contribution in [2.75, 3.05) is 0 Å². The second kappa shape index (κ2) is 24.3. The van der Waals surface area contributed by atoms with Crippen LogP contribution >= 0.6 is 10.1 Å². The van der Waals surface area contributed by atoms with Crippen molar-refractivity contribution in [1.82, 2.24) is 0 Å². The molecular formula is C2H4OSZn. The summed E-state index contributed by atoms with van der Waals surface area (Å²) >= 11 is 0.958. The van der Waals surface area contributed by atoms with Gasteiger partial charge in [-0.1, -0.05) is 0 Å². The molecule has 0 spiro atoms. The first-order chi connectivity index (χ1) is 2.41. The van der Waals surface area contributed by atoms with E-state index in [1.54, 1.807) is 0 Å². The molecule has 3 heteroatoms. The first kappa shape index (κ1) is 9.10. The molecule has 0 aliphatic rings. The molecule has 0 aliphatic carbocycles. The Bertz CT molecular complexity index is 23.6. The third-order valence-electron chi connectivity index (χ3n) is 0. The Kier molecular flexibility index (Phi) is 44.3. The van der Waals surface area contributed by atoms with Gasteiger partial charge in [0.1, 0.15) is 6.29 Å². The van der Waals surface area contributed by atoms with Gasteiger partial charge in [-0.3, -0.25) is 0 Å². The van der Waals surface area contributed by atoms with E-state index in [-0.39, 0.29) is 0 Å². The summed E-state index contributed by atoms with van der Waals surface area (Å²) in [5.41, 5.74) is 0. The Balaban J connectivity index is 0. The van der Waals surface area contributed by atoms with Crippen molar-refractivity contribution in [2.24, 2.45) is 0 Å².